The molecule has 0 fully saturated rings. The summed E-state index contributed by atoms with van der Waals surface area (Å²) in [6.07, 6.45) is 0. The van der Waals surface area contributed by atoms with Gasteiger partial charge in [-0.05, 0) is 25.5 Å². The lowest BCUT2D eigenvalue weighted by Gasteiger charge is -2.18. The number of nitrogens with zero attached hydrogens (tertiary/aromatic N) is 1. The third-order valence-electron chi connectivity index (χ3n) is 1.89. The average Bonchev–Trinajstić information content (AvgIpc) is 2.01. The van der Waals surface area contributed by atoms with Crippen molar-refractivity contribution in [2.75, 3.05) is 0 Å². The number of rotatable bonds is 2. The van der Waals surface area contributed by atoms with E-state index in [0.29, 0.717) is 5.56 Å². The summed E-state index contributed by atoms with van der Waals surface area (Å²) < 4.78 is 13.1. The monoisotopic (exact) mass is 198 g/mol. The van der Waals surface area contributed by atoms with Crippen molar-refractivity contribution in [2.45, 2.75) is 19.4 Å². The van der Waals surface area contributed by atoms with Gasteiger partial charge in [0, 0.05) is 11.6 Å². The maximum Gasteiger partial charge on any atom is 0.304 e. The van der Waals surface area contributed by atoms with Crippen LogP contribution in [-0.2, 0) is 5.54 Å². The number of halogens is 1. The second kappa shape index (κ2) is 3.34. The smallest absolute Gasteiger partial charge is 0.304 e. The van der Waals surface area contributed by atoms with Crippen LogP contribution in [0.3, 0.4) is 0 Å². The first kappa shape index (κ1) is 10.6. The van der Waals surface area contributed by atoms with Crippen LogP contribution in [0.4, 0.5) is 10.1 Å². The van der Waals surface area contributed by atoms with Crippen LogP contribution in [-0.4, -0.2) is 4.92 Å². The Morgan fingerprint density at radius 2 is 2.07 bits per heavy atom. The Labute approximate surface area is 80.7 Å². The summed E-state index contributed by atoms with van der Waals surface area (Å²) in [4.78, 5) is 9.56. The Bertz CT molecular complexity index is 372. The lowest BCUT2D eigenvalue weighted by Crippen LogP contribution is -2.28. The lowest BCUT2D eigenvalue weighted by molar-refractivity contribution is -0.387. The van der Waals surface area contributed by atoms with Crippen LogP contribution >= 0.6 is 0 Å². The highest BCUT2D eigenvalue weighted by Crippen LogP contribution is 2.23. The van der Waals surface area contributed by atoms with Crippen molar-refractivity contribution in [2.24, 2.45) is 5.73 Å². The fourth-order valence-corrected chi connectivity index (χ4v) is 1.06. The number of nitro groups is 1. The van der Waals surface area contributed by atoms with E-state index in [9.17, 15) is 14.5 Å². The molecule has 0 spiro atoms. The predicted octanol–water partition coefficient (Wildman–Crippen LogP) is 1.93. The van der Waals surface area contributed by atoms with E-state index in [-0.39, 0.29) is 0 Å². The molecule has 2 N–H and O–H groups in total. The molecule has 4 nitrogen and oxygen atoms in total. The first-order chi connectivity index (χ1) is 6.32. The van der Waals surface area contributed by atoms with Crippen LogP contribution in [0.5, 0.6) is 0 Å². The van der Waals surface area contributed by atoms with Gasteiger partial charge in [-0.2, -0.15) is 4.39 Å². The van der Waals surface area contributed by atoms with Crippen LogP contribution in [0.2, 0.25) is 0 Å². The molecule has 0 amide bonds. The fourth-order valence-electron chi connectivity index (χ4n) is 1.06. The van der Waals surface area contributed by atoms with Crippen LogP contribution < -0.4 is 5.73 Å². The minimum Gasteiger partial charge on any atom is -0.322 e. The van der Waals surface area contributed by atoms with Gasteiger partial charge in [-0.15, -0.1) is 0 Å². The predicted molar refractivity (Wildman–Crippen MR) is 50.3 cm³/mol. The first-order valence-electron chi connectivity index (χ1n) is 4.05. The molecule has 1 aromatic rings. The van der Waals surface area contributed by atoms with Crippen molar-refractivity contribution >= 4 is 5.69 Å². The molecule has 1 rings (SSSR count). The van der Waals surface area contributed by atoms with Crippen molar-refractivity contribution in [1.82, 2.24) is 0 Å². The SMILES string of the molecule is CC(C)(N)c1ccc([N+](=O)[O-])c(F)c1. The summed E-state index contributed by atoms with van der Waals surface area (Å²) in [5.74, 6) is -0.856. The highest BCUT2D eigenvalue weighted by Gasteiger charge is 2.19. The second-order valence-electron chi connectivity index (χ2n) is 3.64. The van der Waals surface area contributed by atoms with Gasteiger partial charge in [0.15, 0.2) is 0 Å². The molecule has 0 aromatic heterocycles. The Balaban J connectivity index is 3.20. The highest BCUT2D eigenvalue weighted by molar-refractivity contribution is 5.37. The van der Waals surface area contributed by atoms with E-state index in [1.54, 1.807) is 13.8 Å². The van der Waals surface area contributed by atoms with Gasteiger partial charge >= 0.3 is 5.69 Å². The molecular weight excluding hydrogens is 187 g/mol. The maximum absolute atomic E-state index is 13.1. The molecule has 0 saturated heterocycles. The van der Waals surface area contributed by atoms with Crippen molar-refractivity contribution in [3.8, 4) is 0 Å². The van der Waals surface area contributed by atoms with Crippen LogP contribution in [0, 0.1) is 15.9 Å². The quantitative estimate of drug-likeness (QED) is 0.583. The Kier molecular flexibility index (Phi) is 2.53. The van der Waals surface area contributed by atoms with E-state index >= 15 is 0 Å². The zero-order chi connectivity index (χ0) is 10.9. The summed E-state index contributed by atoms with van der Waals surface area (Å²) in [7, 11) is 0. The molecule has 0 aliphatic carbocycles. The van der Waals surface area contributed by atoms with Gasteiger partial charge in [0.2, 0.25) is 5.82 Å². The third kappa shape index (κ3) is 2.05. The normalized spacial score (nSPS) is 11.4. The summed E-state index contributed by atoms with van der Waals surface area (Å²) in [6.45, 7) is 3.40. The van der Waals surface area contributed by atoms with Gasteiger partial charge in [0.05, 0.1) is 4.92 Å². The third-order valence-corrected chi connectivity index (χ3v) is 1.89. The molecule has 5 heteroatoms. The molecule has 0 saturated carbocycles. The van der Waals surface area contributed by atoms with E-state index in [1.807, 2.05) is 0 Å². The van der Waals surface area contributed by atoms with Gasteiger partial charge < -0.3 is 5.73 Å². The van der Waals surface area contributed by atoms with E-state index in [0.717, 1.165) is 12.1 Å². The molecule has 0 aliphatic rings. The van der Waals surface area contributed by atoms with E-state index in [1.165, 1.54) is 6.07 Å². The Morgan fingerprint density at radius 1 is 1.50 bits per heavy atom. The van der Waals surface area contributed by atoms with Crippen molar-refractivity contribution in [3.05, 3.63) is 39.7 Å². The lowest BCUT2D eigenvalue weighted by atomic mass is 9.95. The molecule has 76 valence electrons. The number of nitro benzene ring substituents is 1. The zero-order valence-electron chi connectivity index (χ0n) is 7.95. The van der Waals surface area contributed by atoms with Crippen LogP contribution in [0.25, 0.3) is 0 Å². The zero-order valence-corrected chi connectivity index (χ0v) is 7.95. The highest BCUT2D eigenvalue weighted by atomic mass is 19.1. The number of benzene rings is 1. The van der Waals surface area contributed by atoms with Gasteiger partial charge in [0.25, 0.3) is 0 Å². The largest absolute Gasteiger partial charge is 0.322 e. The summed E-state index contributed by atoms with van der Waals surface area (Å²) in [5, 5.41) is 10.3. The van der Waals surface area contributed by atoms with Crippen LogP contribution in [0.1, 0.15) is 19.4 Å². The summed E-state index contributed by atoms with van der Waals surface area (Å²) in [5.41, 5.74) is 5.02. The minimum absolute atomic E-state index is 0.528. The molecule has 1 aromatic carbocycles. The summed E-state index contributed by atoms with van der Waals surface area (Å²) >= 11 is 0. The van der Waals surface area contributed by atoms with E-state index in [4.69, 9.17) is 5.73 Å². The van der Waals surface area contributed by atoms with E-state index < -0.39 is 22.0 Å². The molecular formula is C9H11FN2O2. The maximum atomic E-state index is 13.1. The topological polar surface area (TPSA) is 69.2 Å². The van der Waals surface area contributed by atoms with Gasteiger partial charge in [0.1, 0.15) is 0 Å². The number of hydrogen-bond donors (Lipinski definition) is 1. The Hall–Kier alpha value is -1.49. The molecule has 0 unspecified atom stereocenters. The van der Waals surface area contributed by atoms with Crippen molar-refractivity contribution < 1.29 is 9.31 Å². The number of nitrogens with two attached hydrogens (primary N) is 1. The van der Waals surface area contributed by atoms with Gasteiger partial charge in [-0.3, -0.25) is 10.1 Å². The van der Waals surface area contributed by atoms with Crippen molar-refractivity contribution in [3.63, 3.8) is 0 Å². The molecule has 0 heterocycles. The molecule has 0 aliphatic heterocycles. The average molecular weight is 198 g/mol. The molecule has 0 bridgehead atoms. The van der Waals surface area contributed by atoms with Crippen LogP contribution in [0.15, 0.2) is 18.2 Å². The molecule has 14 heavy (non-hydrogen) atoms. The van der Waals surface area contributed by atoms with Gasteiger partial charge in [-0.1, -0.05) is 6.07 Å². The molecule has 0 radical (unpaired) electrons. The number of hydrogen-bond acceptors (Lipinski definition) is 3. The first-order valence-corrected chi connectivity index (χ1v) is 4.05. The van der Waals surface area contributed by atoms with Gasteiger partial charge in [-0.25, -0.2) is 0 Å². The summed E-state index contributed by atoms with van der Waals surface area (Å²) in [6, 6.07) is 3.68. The Morgan fingerprint density at radius 3 is 2.43 bits per heavy atom. The van der Waals surface area contributed by atoms with E-state index in [2.05, 4.69) is 0 Å². The fraction of sp³-hybridized carbons (Fsp3) is 0.333. The van der Waals surface area contributed by atoms with Crippen molar-refractivity contribution in [1.29, 1.82) is 0 Å². The second-order valence-corrected chi connectivity index (χ2v) is 3.64. The minimum atomic E-state index is -0.856. The molecule has 0 atom stereocenters. The standard InChI is InChI=1S/C9H11FN2O2/c1-9(2,11)6-3-4-8(12(13)14)7(10)5-6/h3-5H,11H2,1-2H3.